The van der Waals surface area contributed by atoms with Gasteiger partial charge < -0.3 is 15.4 Å². The summed E-state index contributed by atoms with van der Waals surface area (Å²) < 4.78 is 4.98. The molecule has 21 heavy (non-hydrogen) atoms. The monoisotopic (exact) mass is 287 g/mol. The van der Waals surface area contributed by atoms with Gasteiger partial charge in [0.15, 0.2) is 5.82 Å². The fraction of sp³-hybridized carbons (Fsp3) is 0.400. The molecule has 1 heterocycles. The highest BCUT2D eigenvalue weighted by Crippen LogP contribution is 2.24. The number of aryl methyl sites for hydroxylation is 2. The Labute approximate surface area is 125 Å². The van der Waals surface area contributed by atoms with E-state index in [9.17, 15) is 0 Å². The number of nitrogens with zero attached hydrogens (tertiary/aromatic N) is 3. The van der Waals surface area contributed by atoms with E-state index in [1.807, 2.05) is 0 Å². The highest BCUT2D eigenvalue weighted by Gasteiger charge is 2.06. The predicted molar refractivity (Wildman–Crippen MR) is 84.0 cm³/mol. The van der Waals surface area contributed by atoms with Crippen molar-refractivity contribution in [2.45, 2.75) is 20.3 Å². The van der Waals surface area contributed by atoms with E-state index in [4.69, 9.17) is 4.74 Å². The first kappa shape index (κ1) is 15.2. The molecule has 6 nitrogen and oxygen atoms in total. The summed E-state index contributed by atoms with van der Waals surface area (Å²) in [7, 11) is 1.66. The zero-order valence-electron chi connectivity index (χ0n) is 12.7. The van der Waals surface area contributed by atoms with E-state index < -0.39 is 0 Å². The van der Waals surface area contributed by atoms with Gasteiger partial charge in [-0.15, -0.1) is 5.10 Å². The van der Waals surface area contributed by atoms with Crippen molar-refractivity contribution in [1.82, 2.24) is 15.2 Å². The number of hydrogen-bond acceptors (Lipinski definition) is 6. The molecule has 0 saturated heterocycles. The van der Waals surface area contributed by atoms with Crippen LogP contribution in [0, 0.1) is 6.92 Å². The maximum Gasteiger partial charge on any atom is 0.244 e. The van der Waals surface area contributed by atoms with Crippen LogP contribution in [0.25, 0.3) is 0 Å². The van der Waals surface area contributed by atoms with Crippen molar-refractivity contribution in [3.05, 3.63) is 35.5 Å². The second-order valence-corrected chi connectivity index (χ2v) is 4.67. The maximum atomic E-state index is 4.98. The van der Waals surface area contributed by atoms with E-state index >= 15 is 0 Å². The summed E-state index contributed by atoms with van der Waals surface area (Å²) in [4.78, 5) is 4.40. The number of ether oxygens (including phenoxy) is 1. The van der Waals surface area contributed by atoms with Crippen molar-refractivity contribution in [2.24, 2.45) is 0 Å². The van der Waals surface area contributed by atoms with Crippen LogP contribution in [0.2, 0.25) is 0 Å². The number of para-hydroxylation sites is 1. The van der Waals surface area contributed by atoms with Gasteiger partial charge in [0.05, 0.1) is 12.8 Å². The molecule has 0 spiro atoms. The van der Waals surface area contributed by atoms with Gasteiger partial charge in [-0.1, -0.05) is 25.1 Å². The summed E-state index contributed by atoms with van der Waals surface area (Å²) in [5, 5.41) is 14.3. The van der Waals surface area contributed by atoms with Gasteiger partial charge in [-0.2, -0.15) is 10.1 Å². The highest BCUT2D eigenvalue weighted by molar-refractivity contribution is 5.64. The molecule has 0 amide bonds. The summed E-state index contributed by atoms with van der Waals surface area (Å²) in [5.41, 5.74) is 3.52. The molecule has 0 aliphatic carbocycles. The van der Waals surface area contributed by atoms with Gasteiger partial charge in [0.2, 0.25) is 5.95 Å². The standard InChI is InChI=1S/C15H21N5O/c1-4-12-7-5-6-11(2)14(12)18-13-10-17-20-15(19-13)16-8-9-21-3/h5-7,10H,4,8-9H2,1-3H3,(H2,16,18,19,20). The SMILES string of the molecule is CCc1cccc(C)c1Nc1cnnc(NCCOC)n1. The highest BCUT2D eigenvalue weighted by atomic mass is 16.5. The van der Waals surface area contributed by atoms with E-state index in [2.05, 4.69) is 57.9 Å². The van der Waals surface area contributed by atoms with E-state index in [1.165, 1.54) is 11.1 Å². The van der Waals surface area contributed by atoms with Crippen LogP contribution in [0.5, 0.6) is 0 Å². The molecule has 0 radical (unpaired) electrons. The molecule has 2 N–H and O–H groups in total. The first-order valence-corrected chi connectivity index (χ1v) is 7.02. The lowest BCUT2D eigenvalue weighted by Gasteiger charge is -2.13. The van der Waals surface area contributed by atoms with Gasteiger partial charge in [-0.05, 0) is 24.5 Å². The first-order chi connectivity index (χ1) is 10.2. The molecule has 0 aliphatic heterocycles. The van der Waals surface area contributed by atoms with E-state index in [1.54, 1.807) is 13.3 Å². The smallest absolute Gasteiger partial charge is 0.244 e. The first-order valence-electron chi connectivity index (χ1n) is 7.02. The van der Waals surface area contributed by atoms with Crippen molar-refractivity contribution < 1.29 is 4.74 Å². The van der Waals surface area contributed by atoms with E-state index in [0.29, 0.717) is 24.9 Å². The maximum absolute atomic E-state index is 4.98. The molecule has 2 rings (SSSR count). The Balaban J connectivity index is 2.14. The van der Waals surface area contributed by atoms with Crippen LogP contribution in [0.3, 0.4) is 0 Å². The Kier molecular flexibility index (Phi) is 5.45. The van der Waals surface area contributed by atoms with Gasteiger partial charge in [-0.3, -0.25) is 0 Å². The fourth-order valence-electron chi connectivity index (χ4n) is 2.03. The average molecular weight is 287 g/mol. The number of methoxy groups -OCH3 is 1. The number of aromatic nitrogens is 3. The zero-order chi connectivity index (χ0) is 15.1. The minimum Gasteiger partial charge on any atom is -0.383 e. The second-order valence-electron chi connectivity index (χ2n) is 4.67. The Morgan fingerprint density at radius 2 is 2.14 bits per heavy atom. The fourth-order valence-corrected chi connectivity index (χ4v) is 2.03. The Morgan fingerprint density at radius 3 is 2.90 bits per heavy atom. The predicted octanol–water partition coefficient (Wildman–Crippen LogP) is 2.54. The molecule has 112 valence electrons. The Bertz CT molecular complexity index is 588. The molecule has 0 bridgehead atoms. The molecule has 6 heteroatoms. The molecule has 0 saturated carbocycles. The van der Waals surface area contributed by atoms with Crippen LogP contribution in [-0.4, -0.2) is 35.4 Å². The number of hydrogen-bond donors (Lipinski definition) is 2. The summed E-state index contributed by atoms with van der Waals surface area (Å²) in [6, 6.07) is 6.25. The Morgan fingerprint density at radius 1 is 1.29 bits per heavy atom. The molecular weight excluding hydrogens is 266 g/mol. The van der Waals surface area contributed by atoms with Crippen LogP contribution in [0.4, 0.5) is 17.5 Å². The largest absolute Gasteiger partial charge is 0.383 e. The molecule has 0 unspecified atom stereocenters. The summed E-state index contributed by atoms with van der Waals surface area (Å²) in [5.74, 6) is 1.16. The molecule has 0 aliphatic rings. The summed E-state index contributed by atoms with van der Waals surface area (Å²) >= 11 is 0. The van der Waals surface area contributed by atoms with Crippen molar-refractivity contribution in [2.75, 3.05) is 30.9 Å². The third-order valence-corrected chi connectivity index (χ3v) is 3.14. The molecule has 1 aromatic heterocycles. The third kappa shape index (κ3) is 4.13. The normalized spacial score (nSPS) is 10.4. The average Bonchev–Trinajstić information content (AvgIpc) is 2.50. The molecule has 2 aromatic rings. The summed E-state index contributed by atoms with van der Waals surface area (Å²) in [6.07, 6.45) is 2.58. The van der Waals surface area contributed by atoms with Crippen molar-refractivity contribution in [1.29, 1.82) is 0 Å². The van der Waals surface area contributed by atoms with Crippen LogP contribution < -0.4 is 10.6 Å². The number of anilines is 3. The van der Waals surface area contributed by atoms with Crippen molar-refractivity contribution in [3.63, 3.8) is 0 Å². The van der Waals surface area contributed by atoms with Gasteiger partial charge in [0.1, 0.15) is 0 Å². The molecule has 0 atom stereocenters. The van der Waals surface area contributed by atoms with Gasteiger partial charge >= 0.3 is 0 Å². The number of benzene rings is 1. The second kappa shape index (κ2) is 7.54. The van der Waals surface area contributed by atoms with Crippen LogP contribution in [-0.2, 0) is 11.2 Å². The molecule has 0 fully saturated rings. The number of nitrogens with one attached hydrogen (secondary N) is 2. The van der Waals surface area contributed by atoms with Gasteiger partial charge in [0.25, 0.3) is 0 Å². The van der Waals surface area contributed by atoms with Crippen LogP contribution in [0.1, 0.15) is 18.1 Å². The minimum absolute atomic E-state index is 0.490. The lowest BCUT2D eigenvalue weighted by Crippen LogP contribution is -2.11. The summed E-state index contributed by atoms with van der Waals surface area (Å²) in [6.45, 7) is 5.45. The minimum atomic E-state index is 0.490. The Hall–Kier alpha value is -2.21. The zero-order valence-corrected chi connectivity index (χ0v) is 12.7. The van der Waals surface area contributed by atoms with E-state index in [-0.39, 0.29) is 0 Å². The van der Waals surface area contributed by atoms with Crippen molar-refractivity contribution in [3.8, 4) is 0 Å². The van der Waals surface area contributed by atoms with Gasteiger partial charge in [-0.25, -0.2) is 0 Å². The molecule has 1 aromatic carbocycles. The van der Waals surface area contributed by atoms with E-state index in [0.717, 1.165) is 12.1 Å². The third-order valence-electron chi connectivity index (χ3n) is 3.14. The van der Waals surface area contributed by atoms with Gasteiger partial charge in [0, 0.05) is 19.3 Å². The number of rotatable bonds is 7. The van der Waals surface area contributed by atoms with Crippen LogP contribution in [0.15, 0.2) is 24.4 Å². The van der Waals surface area contributed by atoms with Crippen LogP contribution >= 0.6 is 0 Å². The topological polar surface area (TPSA) is 72.0 Å². The molecular formula is C15H21N5O. The lowest BCUT2D eigenvalue weighted by atomic mass is 10.1. The lowest BCUT2D eigenvalue weighted by molar-refractivity contribution is 0.210. The quantitative estimate of drug-likeness (QED) is 0.763. The van der Waals surface area contributed by atoms with Crippen molar-refractivity contribution >= 4 is 17.5 Å².